The predicted octanol–water partition coefficient (Wildman–Crippen LogP) is 10.0. The number of hydrogen-bond acceptors (Lipinski definition) is 18. The van der Waals surface area contributed by atoms with E-state index in [1.165, 1.54) is 85.0 Å². The second-order valence-corrected chi connectivity index (χ2v) is 21.1. The van der Waals surface area contributed by atoms with E-state index < -0.39 is 17.9 Å². The number of fused-ring (bicyclic) bond motifs is 3. The molecule has 9 N–H and O–H groups in total. The average molecular weight is 1120 g/mol. The standard InChI is InChI=1S/C23H28N6O2.C18H28N6O2.C16H26N6O2/c1-2-12-24-21-20-22(29(15-26-20)14-19(30)31)28-23(27-21)25-13-16-8-10-18(11-9-16)17-6-4-3-5-7-17;1-2-3-7-10-19-18-22-16(21-13-8-5-4-6-9-13)15-17(23-18)24(12-20-15)11-14(25)26;1-4-5-6-7-17-16-20-14(18-8-11(2)3)13-15(21-16)22(10-19-13)9-12(23)24/h2,8-11,15,17H,1,3-7,12-14H2,(H,30,31)(H2,24,25,27,28);12-13H,2-11H2,1H3,(H,25,26)(H2,19,21,22,23);10-11H,4-9H2,1-3H3,(H,23,24)(H2,17,18,20,21). The summed E-state index contributed by atoms with van der Waals surface area (Å²) in [5.41, 5.74) is 5.88. The van der Waals surface area contributed by atoms with Crippen LogP contribution in [-0.2, 0) is 40.6 Å². The monoisotopic (exact) mass is 1110 g/mol. The number of nitrogens with one attached hydrogen (secondary N) is 6. The molecule has 81 heavy (non-hydrogen) atoms. The van der Waals surface area contributed by atoms with Crippen LogP contribution in [0.3, 0.4) is 0 Å². The SMILES string of the molecule is C=CCNc1nc(NCc2ccc(C3CCCCC3)cc2)nc2c1ncn2CC(=O)O.CCCCCNc1nc(NC2CCCCC2)c2ncn(CC(=O)O)c2n1.CCCCCNc1nc(NCC(C)C)c2ncn(CC(=O)O)c2n1. The van der Waals surface area contributed by atoms with Crippen LogP contribution in [0.5, 0.6) is 0 Å². The number of aliphatic carboxylic acids is 3. The zero-order valence-electron chi connectivity index (χ0n) is 47.5. The summed E-state index contributed by atoms with van der Waals surface area (Å²) in [5, 5.41) is 47.0. The fraction of sp³-hybridized carbons (Fsp3) is 0.544. The molecule has 0 radical (unpaired) electrons. The van der Waals surface area contributed by atoms with Crippen LogP contribution in [0.1, 0.15) is 147 Å². The van der Waals surface area contributed by atoms with Crippen molar-refractivity contribution in [1.29, 1.82) is 0 Å². The molecular formula is C57H82N18O6. The van der Waals surface area contributed by atoms with Crippen LogP contribution in [0, 0.1) is 5.92 Å². The van der Waals surface area contributed by atoms with E-state index in [-0.39, 0.29) is 19.6 Å². The van der Waals surface area contributed by atoms with Crippen molar-refractivity contribution >= 4 is 86.7 Å². The van der Waals surface area contributed by atoms with Crippen LogP contribution < -0.4 is 31.9 Å². The summed E-state index contributed by atoms with van der Waals surface area (Å²) in [7, 11) is 0. The Morgan fingerprint density at radius 2 is 1.02 bits per heavy atom. The fourth-order valence-corrected chi connectivity index (χ4v) is 9.79. The number of aromatic nitrogens is 12. The van der Waals surface area contributed by atoms with Crippen molar-refractivity contribution in [2.24, 2.45) is 5.92 Å². The number of anilines is 6. The molecule has 2 aliphatic carbocycles. The molecule has 2 fully saturated rings. The summed E-state index contributed by atoms with van der Waals surface area (Å²) in [4.78, 5) is 73.4. The third-order valence-corrected chi connectivity index (χ3v) is 14.0. The maximum absolute atomic E-state index is 11.2. The van der Waals surface area contributed by atoms with Crippen molar-refractivity contribution in [1.82, 2.24) is 58.6 Å². The quantitative estimate of drug-likeness (QED) is 0.0163. The summed E-state index contributed by atoms with van der Waals surface area (Å²) in [6.45, 7) is 15.1. The highest BCUT2D eigenvalue weighted by molar-refractivity contribution is 5.87. The van der Waals surface area contributed by atoms with Crippen molar-refractivity contribution in [3.63, 3.8) is 0 Å². The van der Waals surface area contributed by atoms with E-state index in [4.69, 9.17) is 15.3 Å². The number of nitrogens with zero attached hydrogens (tertiary/aromatic N) is 12. The first-order valence-electron chi connectivity index (χ1n) is 28.8. The summed E-state index contributed by atoms with van der Waals surface area (Å²) in [6.07, 6.45) is 25.5. The second kappa shape index (κ2) is 31.0. The minimum Gasteiger partial charge on any atom is -0.480 e. The van der Waals surface area contributed by atoms with E-state index in [9.17, 15) is 14.4 Å². The fourth-order valence-electron chi connectivity index (χ4n) is 9.79. The van der Waals surface area contributed by atoms with E-state index in [0.717, 1.165) is 76.6 Å². The Bertz CT molecular complexity index is 3130. The lowest BCUT2D eigenvalue weighted by Gasteiger charge is -2.23. The van der Waals surface area contributed by atoms with Gasteiger partial charge in [-0.15, -0.1) is 6.58 Å². The molecule has 2 aliphatic rings. The molecule has 24 nitrogen and oxygen atoms in total. The maximum Gasteiger partial charge on any atom is 0.323 e. The lowest BCUT2D eigenvalue weighted by atomic mass is 9.84. The Labute approximate surface area is 472 Å². The molecule has 0 atom stereocenters. The number of carbonyl (C=O) groups is 3. The minimum atomic E-state index is -0.953. The van der Waals surface area contributed by atoms with Crippen LogP contribution in [0.25, 0.3) is 33.5 Å². The molecule has 0 amide bonds. The molecule has 9 rings (SSSR count). The van der Waals surface area contributed by atoms with Gasteiger partial charge in [-0.05, 0) is 61.5 Å². The van der Waals surface area contributed by atoms with E-state index >= 15 is 0 Å². The number of benzene rings is 1. The van der Waals surface area contributed by atoms with Crippen molar-refractivity contribution in [2.45, 2.75) is 169 Å². The molecule has 2 saturated carbocycles. The normalized spacial score (nSPS) is 13.7. The molecule has 0 saturated heterocycles. The second-order valence-electron chi connectivity index (χ2n) is 21.1. The molecule has 6 heterocycles. The van der Waals surface area contributed by atoms with Crippen LogP contribution in [0.15, 0.2) is 55.9 Å². The van der Waals surface area contributed by atoms with Crippen molar-refractivity contribution in [3.8, 4) is 0 Å². The topological polar surface area (TPSA) is 315 Å². The van der Waals surface area contributed by atoms with Crippen molar-refractivity contribution < 1.29 is 29.7 Å². The summed E-state index contributed by atoms with van der Waals surface area (Å²) in [6, 6.07) is 9.16. The first kappa shape index (κ1) is 60.5. The van der Waals surface area contributed by atoms with Crippen LogP contribution in [0.4, 0.5) is 35.3 Å². The van der Waals surface area contributed by atoms with Crippen molar-refractivity contribution in [3.05, 3.63) is 67.0 Å². The molecule has 0 aliphatic heterocycles. The zero-order valence-corrected chi connectivity index (χ0v) is 47.5. The van der Waals surface area contributed by atoms with Gasteiger partial charge < -0.3 is 60.9 Å². The molecular weight excluding hydrogens is 1030 g/mol. The van der Waals surface area contributed by atoms with Gasteiger partial charge >= 0.3 is 17.9 Å². The lowest BCUT2D eigenvalue weighted by Crippen LogP contribution is -2.23. The van der Waals surface area contributed by atoms with Crippen LogP contribution in [0.2, 0.25) is 0 Å². The zero-order chi connectivity index (χ0) is 57.5. The van der Waals surface area contributed by atoms with Gasteiger partial charge in [-0.2, -0.15) is 29.9 Å². The van der Waals surface area contributed by atoms with Crippen LogP contribution >= 0.6 is 0 Å². The van der Waals surface area contributed by atoms with Gasteiger partial charge in [0.2, 0.25) is 17.8 Å². The molecule has 1 aromatic carbocycles. The number of imidazole rings is 3. The van der Waals surface area contributed by atoms with Gasteiger partial charge in [0.15, 0.2) is 50.9 Å². The van der Waals surface area contributed by atoms with Crippen molar-refractivity contribution in [2.75, 3.05) is 58.1 Å². The highest BCUT2D eigenvalue weighted by atomic mass is 16.4. The minimum absolute atomic E-state index is 0.161. The van der Waals surface area contributed by atoms with E-state index in [1.807, 2.05) is 0 Å². The number of carboxylic acid groups (broad SMARTS) is 3. The largest absolute Gasteiger partial charge is 0.480 e. The molecule has 6 aromatic heterocycles. The number of hydrogen-bond donors (Lipinski definition) is 9. The third-order valence-electron chi connectivity index (χ3n) is 14.0. The van der Waals surface area contributed by atoms with Gasteiger partial charge in [0.05, 0.1) is 19.0 Å². The summed E-state index contributed by atoms with van der Waals surface area (Å²) >= 11 is 0. The lowest BCUT2D eigenvalue weighted by molar-refractivity contribution is -0.138. The van der Waals surface area contributed by atoms with Gasteiger partial charge in [-0.25, -0.2) is 15.0 Å². The third kappa shape index (κ3) is 18.2. The Hall–Kier alpha value is -8.18. The smallest absolute Gasteiger partial charge is 0.323 e. The van der Waals surface area contributed by atoms with Gasteiger partial charge in [0, 0.05) is 38.8 Å². The van der Waals surface area contributed by atoms with Gasteiger partial charge in [0.1, 0.15) is 19.6 Å². The van der Waals surface area contributed by atoms with Gasteiger partial charge in [-0.1, -0.05) is 122 Å². The Kier molecular flexibility index (Phi) is 23.1. The number of carboxylic acids is 3. The predicted molar refractivity (Wildman–Crippen MR) is 317 cm³/mol. The number of unbranched alkanes of at least 4 members (excludes halogenated alkanes) is 4. The first-order chi connectivity index (χ1) is 39.3. The Balaban J connectivity index is 0.000000177. The first-order valence-corrected chi connectivity index (χ1v) is 28.8. The molecule has 436 valence electrons. The highest BCUT2D eigenvalue weighted by Gasteiger charge is 2.21. The molecule has 7 aromatic rings. The number of rotatable bonds is 28. The Morgan fingerprint density at radius 1 is 0.580 bits per heavy atom. The molecule has 0 unspecified atom stereocenters. The molecule has 24 heteroatoms. The molecule has 0 bridgehead atoms. The summed E-state index contributed by atoms with van der Waals surface area (Å²) in [5.74, 6) is 1.67. The van der Waals surface area contributed by atoms with E-state index in [1.54, 1.807) is 10.6 Å². The van der Waals surface area contributed by atoms with E-state index in [2.05, 4.69) is 135 Å². The van der Waals surface area contributed by atoms with Crippen LogP contribution in [-0.4, -0.2) is 124 Å². The van der Waals surface area contributed by atoms with E-state index in [0.29, 0.717) is 99.8 Å². The maximum atomic E-state index is 11.2. The summed E-state index contributed by atoms with van der Waals surface area (Å²) < 4.78 is 4.59. The Morgan fingerprint density at radius 3 is 1.48 bits per heavy atom. The highest BCUT2D eigenvalue weighted by Crippen LogP contribution is 2.33. The molecule has 0 spiro atoms. The van der Waals surface area contributed by atoms with Gasteiger partial charge in [0.25, 0.3) is 0 Å². The van der Waals surface area contributed by atoms with Gasteiger partial charge in [-0.3, -0.25) is 14.4 Å². The average Bonchev–Trinajstić information content (AvgIpc) is 4.43.